The van der Waals surface area contributed by atoms with Crippen LogP contribution in [0, 0.1) is 11.7 Å². The number of hydrogen-bond donors (Lipinski definition) is 1. The molecule has 2 rings (SSSR count). The molecule has 1 N–H and O–H groups in total. The number of pyridine rings is 1. The van der Waals surface area contributed by atoms with Gasteiger partial charge in [-0.05, 0) is 50.8 Å². The average molecular weight is 252 g/mol. The van der Waals surface area contributed by atoms with Crippen molar-refractivity contribution in [3.8, 4) is 0 Å². The van der Waals surface area contributed by atoms with Gasteiger partial charge in [0.1, 0.15) is 5.82 Å². The summed E-state index contributed by atoms with van der Waals surface area (Å²) in [5, 5.41) is 3.36. The van der Waals surface area contributed by atoms with Crippen LogP contribution in [0.4, 0.5) is 4.39 Å². The lowest BCUT2D eigenvalue weighted by Crippen LogP contribution is -2.21. The summed E-state index contributed by atoms with van der Waals surface area (Å²) in [5.41, 5.74) is 0.871. The molecule has 1 aromatic rings. The van der Waals surface area contributed by atoms with E-state index in [0.717, 1.165) is 37.8 Å². The molecule has 100 valence electrons. The molecule has 0 amide bonds. The molecular weight excluding hydrogens is 231 g/mol. The van der Waals surface area contributed by atoms with E-state index in [4.69, 9.17) is 4.74 Å². The molecule has 1 heterocycles. The van der Waals surface area contributed by atoms with Crippen LogP contribution in [0.25, 0.3) is 0 Å². The lowest BCUT2D eigenvalue weighted by atomic mass is 10.2. The Balaban J connectivity index is 1.56. The van der Waals surface area contributed by atoms with Gasteiger partial charge in [-0.1, -0.05) is 0 Å². The minimum absolute atomic E-state index is 0.147. The van der Waals surface area contributed by atoms with Crippen molar-refractivity contribution in [3.63, 3.8) is 0 Å². The minimum atomic E-state index is -0.292. The van der Waals surface area contributed by atoms with Gasteiger partial charge in [-0.25, -0.2) is 4.39 Å². The number of hydrogen-bond acceptors (Lipinski definition) is 3. The number of ether oxygens (including phenoxy) is 1. The molecule has 0 aliphatic heterocycles. The van der Waals surface area contributed by atoms with E-state index in [9.17, 15) is 4.39 Å². The van der Waals surface area contributed by atoms with E-state index in [-0.39, 0.29) is 11.9 Å². The normalized spacial score (nSPS) is 16.8. The van der Waals surface area contributed by atoms with E-state index < -0.39 is 0 Å². The van der Waals surface area contributed by atoms with Crippen LogP contribution < -0.4 is 5.32 Å². The zero-order valence-corrected chi connectivity index (χ0v) is 10.9. The molecule has 0 spiro atoms. The van der Waals surface area contributed by atoms with Gasteiger partial charge < -0.3 is 10.1 Å². The topological polar surface area (TPSA) is 34.1 Å². The van der Waals surface area contributed by atoms with Gasteiger partial charge in [0.15, 0.2) is 0 Å². The zero-order chi connectivity index (χ0) is 12.8. The van der Waals surface area contributed by atoms with Gasteiger partial charge in [-0.15, -0.1) is 0 Å². The summed E-state index contributed by atoms with van der Waals surface area (Å²) in [5.74, 6) is 0.541. The summed E-state index contributed by atoms with van der Waals surface area (Å²) in [7, 11) is 0. The fourth-order valence-corrected chi connectivity index (χ4v) is 1.78. The van der Waals surface area contributed by atoms with Crippen molar-refractivity contribution in [1.29, 1.82) is 0 Å². The summed E-state index contributed by atoms with van der Waals surface area (Å²) < 4.78 is 18.3. The predicted octanol–water partition coefficient (Wildman–Crippen LogP) is 2.69. The van der Waals surface area contributed by atoms with Crippen molar-refractivity contribution in [1.82, 2.24) is 10.3 Å². The van der Waals surface area contributed by atoms with Gasteiger partial charge in [0.25, 0.3) is 0 Å². The van der Waals surface area contributed by atoms with Gasteiger partial charge in [0, 0.05) is 19.3 Å². The smallest absolute Gasteiger partial charge is 0.141 e. The van der Waals surface area contributed by atoms with Crippen LogP contribution in [0.15, 0.2) is 18.3 Å². The van der Waals surface area contributed by atoms with Gasteiger partial charge in [0.2, 0.25) is 0 Å². The van der Waals surface area contributed by atoms with Crippen molar-refractivity contribution in [3.05, 3.63) is 29.8 Å². The third kappa shape index (κ3) is 4.70. The first-order valence-corrected chi connectivity index (χ1v) is 6.68. The van der Waals surface area contributed by atoms with Crippen molar-refractivity contribution in [2.24, 2.45) is 5.92 Å². The molecule has 1 aliphatic carbocycles. The first-order valence-electron chi connectivity index (χ1n) is 6.68. The predicted molar refractivity (Wildman–Crippen MR) is 68.8 cm³/mol. The molecule has 1 saturated carbocycles. The number of nitrogens with one attached hydrogen (secondary N) is 1. The third-order valence-electron chi connectivity index (χ3n) is 3.16. The Morgan fingerprint density at radius 1 is 1.50 bits per heavy atom. The Bertz CT molecular complexity index is 351. The monoisotopic (exact) mass is 252 g/mol. The minimum Gasteiger partial charge on any atom is -0.381 e. The fraction of sp³-hybridized carbons (Fsp3) is 0.643. The van der Waals surface area contributed by atoms with E-state index in [1.165, 1.54) is 25.1 Å². The fourth-order valence-electron chi connectivity index (χ4n) is 1.78. The Labute approximate surface area is 108 Å². The molecule has 0 bridgehead atoms. The van der Waals surface area contributed by atoms with Crippen LogP contribution in [0.3, 0.4) is 0 Å². The number of rotatable bonds is 8. The summed E-state index contributed by atoms with van der Waals surface area (Å²) in [6.07, 6.45) is 4.93. The average Bonchev–Trinajstić information content (AvgIpc) is 3.18. The molecule has 1 aromatic heterocycles. The van der Waals surface area contributed by atoms with E-state index in [0.29, 0.717) is 0 Å². The molecular formula is C14H21FN2O. The largest absolute Gasteiger partial charge is 0.381 e. The highest BCUT2D eigenvalue weighted by molar-refractivity contribution is 5.08. The second-order valence-electron chi connectivity index (χ2n) is 4.95. The standard InChI is InChI=1S/C14H21FN2O/c1-11(14-6-5-13(15)9-17-14)16-7-2-8-18-10-12-3-4-12/h5-6,9,11-12,16H,2-4,7-8,10H2,1H3. The Kier molecular flexibility index (Phi) is 5.08. The lowest BCUT2D eigenvalue weighted by Gasteiger charge is -2.13. The summed E-state index contributed by atoms with van der Waals surface area (Å²) in [6.45, 7) is 4.66. The number of nitrogens with zero attached hydrogens (tertiary/aromatic N) is 1. The first-order chi connectivity index (χ1) is 8.75. The van der Waals surface area contributed by atoms with Crippen LogP contribution in [-0.4, -0.2) is 24.7 Å². The van der Waals surface area contributed by atoms with Crippen molar-refractivity contribution >= 4 is 0 Å². The lowest BCUT2D eigenvalue weighted by molar-refractivity contribution is 0.121. The Morgan fingerprint density at radius 3 is 3.00 bits per heavy atom. The van der Waals surface area contributed by atoms with E-state index in [1.54, 1.807) is 6.07 Å². The second-order valence-corrected chi connectivity index (χ2v) is 4.95. The van der Waals surface area contributed by atoms with Gasteiger partial charge >= 0.3 is 0 Å². The van der Waals surface area contributed by atoms with Crippen LogP contribution in [0.5, 0.6) is 0 Å². The van der Waals surface area contributed by atoms with E-state index >= 15 is 0 Å². The maximum absolute atomic E-state index is 12.7. The zero-order valence-electron chi connectivity index (χ0n) is 10.9. The summed E-state index contributed by atoms with van der Waals surface area (Å²) >= 11 is 0. The maximum atomic E-state index is 12.7. The highest BCUT2D eigenvalue weighted by Crippen LogP contribution is 2.28. The molecule has 3 nitrogen and oxygen atoms in total. The van der Waals surface area contributed by atoms with Crippen molar-refractivity contribution in [2.75, 3.05) is 19.8 Å². The summed E-state index contributed by atoms with van der Waals surface area (Å²) in [6, 6.07) is 3.31. The third-order valence-corrected chi connectivity index (χ3v) is 3.16. The maximum Gasteiger partial charge on any atom is 0.141 e. The van der Waals surface area contributed by atoms with Crippen LogP contribution in [0.1, 0.15) is 37.9 Å². The Morgan fingerprint density at radius 2 is 2.33 bits per heavy atom. The molecule has 1 fully saturated rings. The van der Waals surface area contributed by atoms with Crippen molar-refractivity contribution < 1.29 is 9.13 Å². The van der Waals surface area contributed by atoms with Crippen LogP contribution >= 0.6 is 0 Å². The quantitative estimate of drug-likeness (QED) is 0.722. The SMILES string of the molecule is CC(NCCCOCC1CC1)c1ccc(F)cn1. The molecule has 0 aromatic carbocycles. The number of halogens is 1. The molecule has 1 atom stereocenters. The highest BCUT2D eigenvalue weighted by Gasteiger charge is 2.20. The van der Waals surface area contributed by atoms with Crippen molar-refractivity contribution in [2.45, 2.75) is 32.2 Å². The van der Waals surface area contributed by atoms with Gasteiger partial charge in [0.05, 0.1) is 11.9 Å². The molecule has 4 heteroatoms. The second kappa shape index (κ2) is 6.81. The van der Waals surface area contributed by atoms with E-state index in [2.05, 4.69) is 10.3 Å². The molecule has 1 unspecified atom stereocenters. The molecule has 18 heavy (non-hydrogen) atoms. The van der Waals surface area contributed by atoms with Gasteiger partial charge in [-0.3, -0.25) is 4.98 Å². The van der Waals surface area contributed by atoms with Crippen LogP contribution in [0.2, 0.25) is 0 Å². The Hall–Kier alpha value is -1.00. The summed E-state index contributed by atoms with van der Waals surface area (Å²) in [4.78, 5) is 4.06. The van der Waals surface area contributed by atoms with Crippen LogP contribution in [-0.2, 0) is 4.74 Å². The number of aromatic nitrogens is 1. The molecule has 0 radical (unpaired) electrons. The van der Waals surface area contributed by atoms with E-state index in [1.807, 2.05) is 6.92 Å². The molecule has 0 saturated heterocycles. The van der Waals surface area contributed by atoms with Gasteiger partial charge in [-0.2, -0.15) is 0 Å². The molecule has 1 aliphatic rings. The first kappa shape index (κ1) is 13.4. The highest BCUT2D eigenvalue weighted by atomic mass is 19.1.